The molecule has 0 amide bonds. The number of ether oxygens (including phenoxy) is 3. The van der Waals surface area contributed by atoms with Gasteiger partial charge in [0.05, 0.1) is 27.4 Å². The van der Waals surface area contributed by atoms with Gasteiger partial charge in [-0.1, -0.05) is 24.3 Å². The SMILES string of the molecule is COc1ccc([C@@H]2N[C@@H](C(=O)O)Cc3c2[nH]c2ccccc32)cc1CN1CCc2cc(OC)c(OC)cc2[C@H]1C. The molecule has 208 valence electrons. The number of carboxylic acids is 1. The van der Waals surface area contributed by atoms with Gasteiger partial charge in [0.1, 0.15) is 11.8 Å². The molecule has 2 aliphatic heterocycles. The lowest BCUT2D eigenvalue weighted by Gasteiger charge is -2.36. The summed E-state index contributed by atoms with van der Waals surface area (Å²) in [5.41, 5.74) is 7.69. The normalized spacial score (nSPS) is 20.6. The van der Waals surface area contributed by atoms with Gasteiger partial charge in [0.25, 0.3) is 0 Å². The molecule has 0 saturated carbocycles. The summed E-state index contributed by atoms with van der Waals surface area (Å²) in [6.07, 6.45) is 1.35. The average Bonchev–Trinajstić information content (AvgIpc) is 3.36. The molecule has 0 fully saturated rings. The van der Waals surface area contributed by atoms with Crippen LogP contribution in [0.5, 0.6) is 17.2 Å². The Morgan fingerprint density at radius 1 is 1.00 bits per heavy atom. The largest absolute Gasteiger partial charge is 0.496 e. The van der Waals surface area contributed by atoms with Crippen molar-refractivity contribution < 1.29 is 24.1 Å². The minimum absolute atomic E-state index is 0.168. The summed E-state index contributed by atoms with van der Waals surface area (Å²) < 4.78 is 16.9. The number of nitrogens with zero attached hydrogens (tertiary/aromatic N) is 1. The lowest BCUT2D eigenvalue weighted by Crippen LogP contribution is -2.45. The quantitative estimate of drug-likeness (QED) is 0.303. The van der Waals surface area contributed by atoms with Gasteiger partial charge in [-0.2, -0.15) is 0 Å². The highest BCUT2D eigenvalue weighted by Gasteiger charge is 2.34. The Labute approximate surface area is 233 Å². The lowest BCUT2D eigenvalue weighted by atomic mass is 9.89. The molecule has 3 N–H and O–H groups in total. The van der Waals surface area contributed by atoms with Crippen molar-refractivity contribution in [1.29, 1.82) is 0 Å². The maximum atomic E-state index is 12.1. The van der Waals surface area contributed by atoms with Gasteiger partial charge in [0.15, 0.2) is 11.5 Å². The summed E-state index contributed by atoms with van der Waals surface area (Å²) in [6, 6.07) is 17.7. The number of carbonyl (C=O) groups is 1. The van der Waals surface area contributed by atoms with E-state index in [0.29, 0.717) is 13.0 Å². The van der Waals surface area contributed by atoms with E-state index >= 15 is 0 Å². The van der Waals surface area contributed by atoms with Crippen molar-refractivity contribution in [3.05, 3.63) is 88.1 Å². The highest BCUT2D eigenvalue weighted by molar-refractivity contribution is 5.87. The second-order valence-corrected chi connectivity index (χ2v) is 10.6. The van der Waals surface area contributed by atoms with Gasteiger partial charge in [0.2, 0.25) is 0 Å². The van der Waals surface area contributed by atoms with Crippen LogP contribution < -0.4 is 19.5 Å². The maximum Gasteiger partial charge on any atom is 0.321 e. The van der Waals surface area contributed by atoms with Crippen molar-refractivity contribution in [2.75, 3.05) is 27.9 Å². The Bertz CT molecular complexity index is 1580. The first-order valence-electron chi connectivity index (χ1n) is 13.7. The number of benzene rings is 3. The molecule has 0 aliphatic carbocycles. The predicted molar refractivity (Wildman–Crippen MR) is 153 cm³/mol. The molecule has 3 aromatic carbocycles. The number of aliphatic carboxylic acids is 1. The number of aromatic amines is 1. The molecule has 3 atom stereocenters. The standard InChI is InChI=1S/C32H35N3O5/c1-18-23-16-29(40-4)28(39-3)14-19(23)11-12-35(18)17-21-13-20(9-10-27(21)38-2)30-31-24(15-26(34-30)32(36)37)22-7-5-6-8-25(22)33-31/h5-10,13-14,16,18,26,30,33-34H,11-12,15,17H2,1-4H3,(H,36,37)/t18-,26-,30+/m1/s1. The first-order valence-corrected chi connectivity index (χ1v) is 13.7. The Kier molecular flexibility index (Phi) is 6.90. The summed E-state index contributed by atoms with van der Waals surface area (Å²) >= 11 is 0. The van der Waals surface area contributed by atoms with Crippen LogP contribution in [0.1, 0.15) is 52.5 Å². The Balaban J connectivity index is 1.35. The molecule has 40 heavy (non-hydrogen) atoms. The molecule has 0 radical (unpaired) electrons. The molecule has 0 bridgehead atoms. The van der Waals surface area contributed by atoms with Gasteiger partial charge >= 0.3 is 5.97 Å². The molecule has 8 nitrogen and oxygen atoms in total. The topological polar surface area (TPSA) is 96.0 Å². The third-order valence-corrected chi connectivity index (χ3v) is 8.53. The molecule has 0 saturated heterocycles. The average molecular weight is 542 g/mol. The molecule has 0 unspecified atom stereocenters. The van der Waals surface area contributed by atoms with Crippen LogP contribution in [-0.2, 0) is 24.2 Å². The van der Waals surface area contributed by atoms with Crippen LogP contribution in [-0.4, -0.2) is 54.9 Å². The molecule has 8 heteroatoms. The summed E-state index contributed by atoms with van der Waals surface area (Å²) in [6.45, 7) is 3.81. The number of hydrogen-bond donors (Lipinski definition) is 3. The van der Waals surface area contributed by atoms with Crippen LogP contribution in [0.25, 0.3) is 10.9 Å². The second-order valence-electron chi connectivity index (χ2n) is 10.6. The van der Waals surface area contributed by atoms with Crippen LogP contribution in [0.2, 0.25) is 0 Å². The van der Waals surface area contributed by atoms with Gasteiger partial charge in [-0.15, -0.1) is 0 Å². The minimum Gasteiger partial charge on any atom is -0.496 e. The number of aromatic nitrogens is 1. The molecule has 4 aromatic rings. The molecule has 2 aliphatic rings. The number of nitrogens with one attached hydrogen (secondary N) is 2. The monoisotopic (exact) mass is 541 g/mol. The number of rotatable bonds is 7. The summed E-state index contributed by atoms with van der Waals surface area (Å²) in [5.74, 6) is 1.46. The van der Waals surface area contributed by atoms with Crippen LogP contribution >= 0.6 is 0 Å². The molecular formula is C32H35N3O5. The van der Waals surface area contributed by atoms with E-state index < -0.39 is 12.0 Å². The number of methoxy groups -OCH3 is 3. The molecular weight excluding hydrogens is 506 g/mol. The van der Waals surface area contributed by atoms with Crippen molar-refractivity contribution >= 4 is 16.9 Å². The van der Waals surface area contributed by atoms with Gasteiger partial charge < -0.3 is 24.3 Å². The third kappa shape index (κ3) is 4.47. The van der Waals surface area contributed by atoms with Crippen LogP contribution in [0, 0.1) is 0 Å². The zero-order valence-corrected chi connectivity index (χ0v) is 23.3. The van der Waals surface area contributed by atoms with E-state index in [1.807, 2.05) is 30.3 Å². The van der Waals surface area contributed by atoms with E-state index in [-0.39, 0.29) is 12.1 Å². The number of H-pyrrole nitrogens is 1. The number of para-hydroxylation sites is 1. The van der Waals surface area contributed by atoms with E-state index in [4.69, 9.17) is 14.2 Å². The first kappa shape index (κ1) is 26.2. The van der Waals surface area contributed by atoms with Gasteiger partial charge in [-0.05, 0) is 65.9 Å². The number of carboxylic acid groups (broad SMARTS) is 1. The van der Waals surface area contributed by atoms with E-state index in [9.17, 15) is 9.90 Å². The first-order chi connectivity index (χ1) is 19.4. The fourth-order valence-corrected chi connectivity index (χ4v) is 6.39. The molecule has 0 spiro atoms. The predicted octanol–water partition coefficient (Wildman–Crippen LogP) is 5.00. The number of fused-ring (bicyclic) bond motifs is 4. The van der Waals surface area contributed by atoms with Crippen molar-refractivity contribution in [3.63, 3.8) is 0 Å². The number of hydrogen-bond acceptors (Lipinski definition) is 6. The van der Waals surface area contributed by atoms with Gasteiger partial charge in [0, 0.05) is 47.7 Å². The molecule has 3 heterocycles. The van der Waals surface area contributed by atoms with Crippen molar-refractivity contribution in [2.45, 2.75) is 44.4 Å². The maximum absolute atomic E-state index is 12.1. The highest BCUT2D eigenvalue weighted by Crippen LogP contribution is 2.40. The van der Waals surface area contributed by atoms with Crippen LogP contribution in [0.4, 0.5) is 0 Å². The fraction of sp³-hybridized carbons (Fsp3) is 0.344. The Hall–Kier alpha value is -4.01. The summed E-state index contributed by atoms with van der Waals surface area (Å²) in [7, 11) is 5.03. The second kappa shape index (κ2) is 10.5. The summed E-state index contributed by atoms with van der Waals surface area (Å²) in [4.78, 5) is 18.2. The van der Waals surface area contributed by atoms with E-state index in [1.54, 1.807) is 21.3 Å². The molecule has 1 aromatic heterocycles. The van der Waals surface area contributed by atoms with Gasteiger partial charge in [-0.3, -0.25) is 15.0 Å². The van der Waals surface area contributed by atoms with Crippen molar-refractivity contribution in [2.24, 2.45) is 0 Å². The zero-order valence-electron chi connectivity index (χ0n) is 23.3. The fourth-order valence-electron chi connectivity index (χ4n) is 6.39. The van der Waals surface area contributed by atoms with Crippen LogP contribution in [0.15, 0.2) is 54.6 Å². The van der Waals surface area contributed by atoms with Crippen molar-refractivity contribution in [3.8, 4) is 17.2 Å². The van der Waals surface area contributed by atoms with Crippen molar-refractivity contribution in [1.82, 2.24) is 15.2 Å². The van der Waals surface area contributed by atoms with E-state index in [0.717, 1.165) is 63.5 Å². The Morgan fingerprint density at radius 3 is 2.50 bits per heavy atom. The van der Waals surface area contributed by atoms with E-state index in [2.05, 4.69) is 46.4 Å². The van der Waals surface area contributed by atoms with E-state index in [1.165, 1.54) is 11.1 Å². The van der Waals surface area contributed by atoms with Gasteiger partial charge in [-0.25, -0.2) is 0 Å². The lowest BCUT2D eigenvalue weighted by molar-refractivity contribution is -0.139. The molecule has 6 rings (SSSR count). The smallest absolute Gasteiger partial charge is 0.321 e. The minimum atomic E-state index is -0.845. The zero-order chi connectivity index (χ0) is 28.0. The Morgan fingerprint density at radius 2 is 1.75 bits per heavy atom. The third-order valence-electron chi connectivity index (χ3n) is 8.53. The van der Waals surface area contributed by atoms with Crippen LogP contribution in [0.3, 0.4) is 0 Å². The summed E-state index contributed by atoms with van der Waals surface area (Å²) in [5, 5.41) is 14.4. The highest BCUT2D eigenvalue weighted by atomic mass is 16.5.